The van der Waals surface area contributed by atoms with E-state index in [1.165, 1.54) is 16.9 Å². The summed E-state index contributed by atoms with van der Waals surface area (Å²) in [6.45, 7) is 5.85. The van der Waals surface area contributed by atoms with E-state index in [0.717, 1.165) is 24.1 Å². The second kappa shape index (κ2) is 7.87. The van der Waals surface area contributed by atoms with E-state index in [1.807, 2.05) is 30.0 Å². The van der Waals surface area contributed by atoms with Crippen molar-refractivity contribution in [2.75, 3.05) is 24.5 Å². The van der Waals surface area contributed by atoms with E-state index in [4.69, 9.17) is 4.74 Å². The Labute approximate surface area is 168 Å². The lowest BCUT2D eigenvalue weighted by Crippen LogP contribution is -2.44. The van der Waals surface area contributed by atoms with Gasteiger partial charge in [0.1, 0.15) is 11.6 Å². The van der Waals surface area contributed by atoms with Gasteiger partial charge in [0.2, 0.25) is 11.8 Å². The molecule has 1 aromatic heterocycles. The van der Waals surface area contributed by atoms with E-state index in [2.05, 4.69) is 17.1 Å². The predicted octanol–water partition coefficient (Wildman–Crippen LogP) is 2.58. The quantitative estimate of drug-likeness (QED) is 0.789. The Kier molecular flexibility index (Phi) is 5.30. The van der Waals surface area contributed by atoms with Crippen LogP contribution in [0, 0.1) is 19.8 Å². The van der Waals surface area contributed by atoms with Crippen LogP contribution in [0.25, 0.3) is 0 Å². The number of benzene rings is 1. The van der Waals surface area contributed by atoms with Crippen LogP contribution in [0.1, 0.15) is 30.4 Å². The maximum absolute atomic E-state index is 13.0. The van der Waals surface area contributed by atoms with Gasteiger partial charge in [-0.3, -0.25) is 9.59 Å². The van der Waals surface area contributed by atoms with E-state index in [1.54, 1.807) is 10.4 Å². The molecule has 2 aliphatic heterocycles. The molecule has 7 nitrogen and oxygen atoms in total. The maximum Gasteiger partial charge on any atom is 0.294 e. The molecule has 3 heterocycles. The van der Waals surface area contributed by atoms with Crippen LogP contribution < -0.4 is 9.64 Å². The summed E-state index contributed by atoms with van der Waals surface area (Å²) in [6, 6.07) is 6.01. The number of piperidine rings is 1. The fourth-order valence-electron chi connectivity index (χ4n) is 3.83. The normalized spacial score (nSPS) is 20.6. The number of likely N-dealkylation sites (tertiary alicyclic amines) is 1. The topological polar surface area (TPSA) is 75.6 Å². The number of aryl methyl sites for hydroxylation is 2. The molecular formula is C20H24N4O3S. The van der Waals surface area contributed by atoms with Gasteiger partial charge in [-0.25, -0.2) is 0 Å². The highest BCUT2D eigenvalue weighted by Crippen LogP contribution is 2.29. The summed E-state index contributed by atoms with van der Waals surface area (Å²) in [5.74, 6) is -0.167. The van der Waals surface area contributed by atoms with E-state index in [-0.39, 0.29) is 30.3 Å². The number of hydrogen-bond acceptors (Lipinski definition) is 6. The molecule has 28 heavy (non-hydrogen) atoms. The van der Waals surface area contributed by atoms with Crippen molar-refractivity contribution in [1.82, 2.24) is 15.1 Å². The van der Waals surface area contributed by atoms with E-state index in [0.29, 0.717) is 24.8 Å². The van der Waals surface area contributed by atoms with Gasteiger partial charge in [-0.2, -0.15) is 0 Å². The highest BCUT2D eigenvalue weighted by atomic mass is 32.1. The van der Waals surface area contributed by atoms with Crippen LogP contribution in [-0.4, -0.2) is 52.6 Å². The molecule has 0 aliphatic carbocycles. The number of nitrogens with zero attached hydrogens (tertiary/aromatic N) is 4. The van der Waals surface area contributed by atoms with Crippen molar-refractivity contribution in [2.24, 2.45) is 5.92 Å². The first-order valence-corrected chi connectivity index (χ1v) is 10.5. The third-order valence-corrected chi connectivity index (χ3v) is 6.22. The number of aromatic nitrogens is 2. The number of amides is 2. The molecule has 2 fully saturated rings. The van der Waals surface area contributed by atoms with Crippen LogP contribution in [0.4, 0.5) is 5.69 Å². The van der Waals surface area contributed by atoms with Crippen LogP contribution >= 0.6 is 11.3 Å². The number of rotatable bonds is 4. The smallest absolute Gasteiger partial charge is 0.294 e. The van der Waals surface area contributed by atoms with Crippen LogP contribution in [-0.2, 0) is 9.59 Å². The average Bonchev–Trinajstić information content (AvgIpc) is 3.34. The molecule has 148 valence electrons. The zero-order valence-corrected chi connectivity index (χ0v) is 16.9. The van der Waals surface area contributed by atoms with Crippen LogP contribution in [0.15, 0.2) is 23.7 Å². The second-order valence-corrected chi connectivity index (χ2v) is 8.32. The van der Waals surface area contributed by atoms with Crippen molar-refractivity contribution < 1.29 is 14.3 Å². The lowest BCUT2D eigenvalue weighted by Gasteiger charge is -2.33. The molecule has 1 unspecified atom stereocenters. The predicted molar refractivity (Wildman–Crippen MR) is 107 cm³/mol. The zero-order chi connectivity index (χ0) is 19.7. The van der Waals surface area contributed by atoms with Gasteiger partial charge in [-0.1, -0.05) is 17.4 Å². The summed E-state index contributed by atoms with van der Waals surface area (Å²) >= 11 is 1.38. The SMILES string of the molecule is Cc1ccc(N2CC(C(=O)N3CCC(Oc4nncs4)CC3)CC2=O)cc1C. The van der Waals surface area contributed by atoms with Crippen molar-refractivity contribution in [3.05, 3.63) is 34.8 Å². The Bertz CT molecular complexity index is 862. The minimum atomic E-state index is -0.269. The number of hydrogen-bond donors (Lipinski definition) is 0. The molecule has 2 aromatic rings. The first-order chi connectivity index (χ1) is 13.5. The molecule has 4 rings (SSSR count). The average molecular weight is 401 g/mol. The van der Waals surface area contributed by atoms with Gasteiger partial charge in [0, 0.05) is 44.6 Å². The summed E-state index contributed by atoms with van der Waals surface area (Å²) in [6.07, 6.45) is 1.89. The van der Waals surface area contributed by atoms with Gasteiger partial charge in [-0.15, -0.1) is 10.2 Å². The Morgan fingerprint density at radius 1 is 1.21 bits per heavy atom. The van der Waals surface area contributed by atoms with Crippen molar-refractivity contribution >= 4 is 28.8 Å². The summed E-state index contributed by atoms with van der Waals surface area (Å²) in [5.41, 5.74) is 4.87. The summed E-state index contributed by atoms with van der Waals surface area (Å²) in [4.78, 5) is 29.1. The first-order valence-electron chi connectivity index (χ1n) is 9.60. The molecule has 0 saturated carbocycles. The van der Waals surface area contributed by atoms with Crippen molar-refractivity contribution in [3.8, 4) is 5.19 Å². The van der Waals surface area contributed by atoms with Gasteiger partial charge in [0.05, 0.1) is 5.92 Å². The van der Waals surface area contributed by atoms with Gasteiger partial charge in [-0.05, 0) is 37.1 Å². The first kappa shape index (κ1) is 18.9. The van der Waals surface area contributed by atoms with Gasteiger partial charge in [0.25, 0.3) is 5.19 Å². The van der Waals surface area contributed by atoms with Crippen molar-refractivity contribution in [1.29, 1.82) is 0 Å². The van der Waals surface area contributed by atoms with Gasteiger partial charge < -0.3 is 14.5 Å². The molecule has 1 atom stereocenters. The van der Waals surface area contributed by atoms with Crippen LogP contribution in [0.3, 0.4) is 0 Å². The van der Waals surface area contributed by atoms with Gasteiger partial charge >= 0.3 is 0 Å². The second-order valence-electron chi connectivity index (χ2n) is 7.52. The zero-order valence-electron chi connectivity index (χ0n) is 16.1. The highest BCUT2D eigenvalue weighted by Gasteiger charge is 2.38. The molecule has 1 aromatic carbocycles. The summed E-state index contributed by atoms with van der Waals surface area (Å²) in [7, 11) is 0. The lowest BCUT2D eigenvalue weighted by molar-refractivity contribution is -0.137. The molecular weight excluding hydrogens is 376 g/mol. The monoisotopic (exact) mass is 400 g/mol. The van der Waals surface area contributed by atoms with E-state index >= 15 is 0 Å². The van der Waals surface area contributed by atoms with Crippen molar-refractivity contribution in [2.45, 2.75) is 39.2 Å². The van der Waals surface area contributed by atoms with Crippen molar-refractivity contribution in [3.63, 3.8) is 0 Å². The Hall–Kier alpha value is -2.48. The minimum absolute atomic E-state index is 0.0242. The molecule has 0 spiro atoms. The summed E-state index contributed by atoms with van der Waals surface area (Å²) < 4.78 is 5.81. The third-order valence-electron chi connectivity index (χ3n) is 5.64. The lowest BCUT2D eigenvalue weighted by atomic mass is 10.0. The Morgan fingerprint density at radius 2 is 2.00 bits per heavy atom. The molecule has 2 aliphatic rings. The molecule has 0 radical (unpaired) electrons. The molecule has 2 saturated heterocycles. The third kappa shape index (κ3) is 3.87. The Morgan fingerprint density at radius 3 is 2.68 bits per heavy atom. The molecule has 0 N–H and O–H groups in total. The van der Waals surface area contributed by atoms with Gasteiger partial charge in [0.15, 0.2) is 0 Å². The molecule has 2 amide bonds. The molecule has 8 heteroatoms. The van der Waals surface area contributed by atoms with E-state index in [9.17, 15) is 9.59 Å². The highest BCUT2D eigenvalue weighted by molar-refractivity contribution is 7.11. The minimum Gasteiger partial charge on any atom is -0.465 e. The fraction of sp³-hybridized carbons (Fsp3) is 0.500. The van der Waals surface area contributed by atoms with Crippen LogP contribution in [0.5, 0.6) is 5.19 Å². The summed E-state index contributed by atoms with van der Waals surface area (Å²) in [5, 5.41) is 8.26. The fourth-order valence-corrected chi connectivity index (χ4v) is 4.30. The number of carbonyl (C=O) groups is 2. The number of anilines is 1. The Balaban J connectivity index is 1.34. The van der Waals surface area contributed by atoms with Crippen LogP contribution in [0.2, 0.25) is 0 Å². The largest absolute Gasteiger partial charge is 0.465 e. The number of ether oxygens (including phenoxy) is 1. The molecule has 0 bridgehead atoms. The maximum atomic E-state index is 13.0. The number of carbonyl (C=O) groups excluding carboxylic acids is 2. The standard InChI is InChI=1S/C20H24N4O3S/c1-13-3-4-16(9-14(13)2)24-11-15(10-18(24)25)19(26)23-7-5-17(6-8-23)27-20-22-21-12-28-20/h3-4,9,12,15,17H,5-8,10-11H2,1-2H3. The van der Waals surface area contributed by atoms with E-state index < -0.39 is 0 Å².